The number of hydrogen-bond acceptors (Lipinski definition) is 3. The number of hydrogen-bond donors (Lipinski definition) is 3. The second-order valence-corrected chi connectivity index (χ2v) is 3.14. The fourth-order valence-electron chi connectivity index (χ4n) is 1.10. The summed E-state index contributed by atoms with van der Waals surface area (Å²) in [5.41, 5.74) is -1.92. The largest absolute Gasteiger partial charge is 0.480 e. The first-order valence-corrected chi connectivity index (χ1v) is 3.65. The average molecular weight is 187 g/mol. The van der Waals surface area contributed by atoms with E-state index in [0.717, 1.165) is 6.92 Å². The summed E-state index contributed by atoms with van der Waals surface area (Å²) in [5.74, 6) is -3.20. The van der Waals surface area contributed by atoms with Gasteiger partial charge in [-0.1, -0.05) is 0 Å². The molecule has 3 N–H and O–H groups in total. The van der Waals surface area contributed by atoms with E-state index in [1.165, 1.54) is 0 Å². The highest BCUT2D eigenvalue weighted by molar-refractivity contribution is 6.01. The van der Waals surface area contributed by atoms with Gasteiger partial charge in [-0.05, 0) is 6.92 Å². The SMILES string of the molecule is CC(C(=O)O)(C(=O)O)C1CC(=O)N1. The third-order valence-corrected chi connectivity index (χ3v) is 2.31. The summed E-state index contributed by atoms with van der Waals surface area (Å²) in [4.78, 5) is 31.8. The minimum Gasteiger partial charge on any atom is -0.480 e. The molecule has 0 saturated carbocycles. The molecule has 72 valence electrons. The fourth-order valence-corrected chi connectivity index (χ4v) is 1.10. The Hall–Kier alpha value is -1.59. The monoisotopic (exact) mass is 187 g/mol. The zero-order valence-electron chi connectivity index (χ0n) is 6.90. The number of carbonyl (C=O) groups is 3. The van der Waals surface area contributed by atoms with E-state index < -0.39 is 23.4 Å². The minimum absolute atomic E-state index is 0.0465. The Kier molecular flexibility index (Phi) is 1.99. The van der Waals surface area contributed by atoms with E-state index in [1.54, 1.807) is 0 Å². The smallest absolute Gasteiger partial charge is 0.322 e. The van der Waals surface area contributed by atoms with E-state index in [0.29, 0.717) is 0 Å². The van der Waals surface area contributed by atoms with E-state index in [-0.39, 0.29) is 12.3 Å². The van der Waals surface area contributed by atoms with Gasteiger partial charge in [-0.2, -0.15) is 0 Å². The van der Waals surface area contributed by atoms with Crippen LogP contribution in [0.25, 0.3) is 0 Å². The maximum Gasteiger partial charge on any atom is 0.322 e. The van der Waals surface area contributed by atoms with Crippen LogP contribution in [0, 0.1) is 5.41 Å². The van der Waals surface area contributed by atoms with E-state index >= 15 is 0 Å². The number of β-lactam (4-membered cyclic amide) rings is 1. The zero-order valence-corrected chi connectivity index (χ0v) is 6.90. The lowest BCUT2D eigenvalue weighted by molar-refractivity contribution is -0.168. The molecule has 1 saturated heterocycles. The number of aliphatic carboxylic acids is 2. The first-order valence-electron chi connectivity index (χ1n) is 3.65. The Morgan fingerprint density at radius 2 is 1.85 bits per heavy atom. The lowest BCUT2D eigenvalue weighted by Gasteiger charge is -2.36. The Bertz CT molecular complexity index is 263. The predicted molar refractivity (Wildman–Crippen MR) is 39.9 cm³/mol. The molecule has 0 aromatic rings. The molecular weight excluding hydrogens is 178 g/mol. The number of carboxylic acids is 2. The van der Waals surface area contributed by atoms with Crippen LogP contribution in [0.5, 0.6) is 0 Å². The van der Waals surface area contributed by atoms with Crippen molar-refractivity contribution in [2.75, 3.05) is 0 Å². The molecule has 1 rings (SSSR count). The third-order valence-electron chi connectivity index (χ3n) is 2.31. The van der Waals surface area contributed by atoms with Crippen LogP contribution in [0.3, 0.4) is 0 Å². The van der Waals surface area contributed by atoms with Crippen molar-refractivity contribution in [3.8, 4) is 0 Å². The summed E-state index contributed by atoms with van der Waals surface area (Å²) < 4.78 is 0. The van der Waals surface area contributed by atoms with Crippen LogP contribution >= 0.6 is 0 Å². The summed E-state index contributed by atoms with van der Waals surface area (Å²) in [6, 6.07) is -0.810. The minimum atomic E-state index is -1.92. The van der Waals surface area contributed by atoms with Gasteiger partial charge in [-0.3, -0.25) is 14.4 Å². The summed E-state index contributed by atoms with van der Waals surface area (Å²) in [6.07, 6.45) is -0.0465. The molecule has 1 heterocycles. The highest BCUT2D eigenvalue weighted by Gasteiger charge is 2.53. The van der Waals surface area contributed by atoms with Crippen LogP contribution in [0.1, 0.15) is 13.3 Å². The van der Waals surface area contributed by atoms with Crippen LogP contribution in [-0.2, 0) is 14.4 Å². The fraction of sp³-hybridized carbons (Fsp3) is 0.571. The molecule has 0 aliphatic carbocycles. The molecular formula is C7H9NO5. The molecule has 0 aromatic heterocycles. The first kappa shape index (κ1) is 9.50. The standard InChI is InChI=1S/C7H9NO5/c1-7(5(10)11,6(12)13)3-2-4(9)8-3/h3H,2H2,1H3,(H,8,9)(H,10,11)(H,12,13). The second-order valence-electron chi connectivity index (χ2n) is 3.14. The van der Waals surface area contributed by atoms with Crippen LogP contribution < -0.4 is 5.32 Å². The topological polar surface area (TPSA) is 104 Å². The van der Waals surface area contributed by atoms with Crippen molar-refractivity contribution >= 4 is 17.8 Å². The number of carboxylic acid groups (broad SMARTS) is 2. The molecule has 0 aromatic carbocycles. The molecule has 1 aliphatic heterocycles. The Morgan fingerprint density at radius 1 is 1.46 bits per heavy atom. The normalized spacial score (nSPS) is 21.6. The predicted octanol–water partition coefficient (Wildman–Crippen LogP) is -0.950. The highest BCUT2D eigenvalue weighted by atomic mass is 16.4. The van der Waals surface area contributed by atoms with Crippen molar-refractivity contribution in [1.29, 1.82) is 0 Å². The van der Waals surface area contributed by atoms with Gasteiger partial charge in [0.2, 0.25) is 5.91 Å². The molecule has 0 bridgehead atoms. The van der Waals surface area contributed by atoms with E-state index in [4.69, 9.17) is 10.2 Å². The van der Waals surface area contributed by atoms with E-state index in [9.17, 15) is 14.4 Å². The van der Waals surface area contributed by atoms with Gasteiger partial charge in [0.25, 0.3) is 0 Å². The molecule has 6 nitrogen and oxygen atoms in total. The van der Waals surface area contributed by atoms with E-state index in [2.05, 4.69) is 5.32 Å². The lowest BCUT2D eigenvalue weighted by Crippen LogP contribution is -2.62. The van der Waals surface area contributed by atoms with Gasteiger partial charge in [0.05, 0.1) is 6.04 Å². The molecule has 6 heteroatoms. The molecule has 13 heavy (non-hydrogen) atoms. The molecule has 1 fully saturated rings. The molecule has 1 atom stereocenters. The zero-order chi connectivity index (χ0) is 10.2. The van der Waals surface area contributed by atoms with E-state index in [1.807, 2.05) is 0 Å². The van der Waals surface area contributed by atoms with Crippen molar-refractivity contribution in [2.45, 2.75) is 19.4 Å². The summed E-state index contributed by atoms with van der Waals surface area (Å²) in [5, 5.41) is 19.6. The molecule has 1 aliphatic rings. The average Bonchev–Trinajstić information content (AvgIpc) is 1.96. The summed E-state index contributed by atoms with van der Waals surface area (Å²) in [7, 11) is 0. The van der Waals surface area contributed by atoms with Crippen LogP contribution in [0.2, 0.25) is 0 Å². The number of rotatable bonds is 3. The van der Waals surface area contributed by atoms with Crippen molar-refractivity contribution < 1.29 is 24.6 Å². The maximum atomic E-state index is 10.7. The van der Waals surface area contributed by atoms with Gasteiger partial charge in [-0.15, -0.1) is 0 Å². The number of nitrogens with one attached hydrogen (secondary N) is 1. The summed E-state index contributed by atoms with van der Waals surface area (Å²) >= 11 is 0. The van der Waals surface area contributed by atoms with Crippen molar-refractivity contribution in [1.82, 2.24) is 5.32 Å². The summed E-state index contributed by atoms with van der Waals surface area (Å²) in [6.45, 7) is 1.09. The maximum absolute atomic E-state index is 10.7. The van der Waals surface area contributed by atoms with Crippen LogP contribution in [0.15, 0.2) is 0 Å². The lowest BCUT2D eigenvalue weighted by atomic mass is 9.77. The van der Waals surface area contributed by atoms with Crippen LogP contribution in [0.4, 0.5) is 0 Å². The third kappa shape index (κ3) is 1.24. The molecule has 0 radical (unpaired) electrons. The van der Waals surface area contributed by atoms with Crippen LogP contribution in [-0.4, -0.2) is 34.1 Å². The highest BCUT2D eigenvalue weighted by Crippen LogP contribution is 2.28. The van der Waals surface area contributed by atoms with Gasteiger partial charge in [-0.25, -0.2) is 0 Å². The first-order chi connectivity index (χ1) is 5.89. The van der Waals surface area contributed by atoms with Gasteiger partial charge < -0.3 is 15.5 Å². The Labute approximate surface area is 73.5 Å². The molecule has 1 unspecified atom stereocenters. The van der Waals surface area contributed by atoms with Gasteiger partial charge in [0.1, 0.15) is 0 Å². The molecule has 0 spiro atoms. The molecule has 1 amide bonds. The van der Waals surface area contributed by atoms with Crippen molar-refractivity contribution in [2.24, 2.45) is 5.41 Å². The van der Waals surface area contributed by atoms with Gasteiger partial charge in [0.15, 0.2) is 5.41 Å². The Morgan fingerprint density at radius 3 is 2.08 bits per heavy atom. The Balaban J connectivity index is 2.86. The van der Waals surface area contributed by atoms with Gasteiger partial charge >= 0.3 is 11.9 Å². The number of amides is 1. The van der Waals surface area contributed by atoms with Gasteiger partial charge in [0, 0.05) is 6.42 Å². The quantitative estimate of drug-likeness (QED) is 0.390. The number of carbonyl (C=O) groups excluding carboxylic acids is 1. The van der Waals surface area contributed by atoms with Crippen molar-refractivity contribution in [3.05, 3.63) is 0 Å². The van der Waals surface area contributed by atoms with Crippen molar-refractivity contribution in [3.63, 3.8) is 0 Å². The second kappa shape index (κ2) is 2.72.